The summed E-state index contributed by atoms with van der Waals surface area (Å²) in [6.07, 6.45) is 0.265. The summed E-state index contributed by atoms with van der Waals surface area (Å²) in [7, 11) is 0. The third kappa shape index (κ3) is 2.77. The predicted molar refractivity (Wildman–Crippen MR) is 55.8 cm³/mol. The highest BCUT2D eigenvalue weighted by Gasteiger charge is 2.37. The summed E-state index contributed by atoms with van der Waals surface area (Å²) < 4.78 is 53.6. The summed E-state index contributed by atoms with van der Waals surface area (Å²) in [4.78, 5) is 0. The Labute approximate surface area is 96.8 Å². The first-order valence-corrected chi connectivity index (χ1v) is 5.53. The van der Waals surface area contributed by atoms with E-state index in [1.165, 1.54) is 0 Å². The van der Waals surface area contributed by atoms with Crippen molar-refractivity contribution in [1.82, 2.24) is 5.32 Å². The molecule has 5 heteroatoms. The third-order valence-corrected chi connectivity index (χ3v) is 3.03. The quantitative estimate of drug-likeness (QED) is 0.809. The van der Waals surface area contributed by atoms with Gasteiger partial charge in [0.25, 0.3) is 5.92 Å². The third-order valence-electron chi connectivity index (χ3n) is 3.03. The molecule has 0 aromatic heterocycles. The average Bonchev–Trinajstić information content (AvgIpc) is 2.68. The van der Waals surface area contributed by atoms with Crippen molar-refractivity contribution in [3.05, 3.63) is 35.4 Å². The van der Waals surface area contributed by atoms with E-state index in [0.29, 0.717) is 25.6 Å². The maximum Gasteiger partial charge on any atom is 0.276 e. The fraction of sp³-hybridized carbons (Fsp3) is 0.500. The topological polar surface area (TPSA) is 12.0 Å². The lowest BCUT2D eigenvalue weighted by atomic mass is 9.95. The molecule has 1 fully saturated rings. The zero-order valence-corrected chi connectivity index (χ0v) is 9.15. The number of alkyl halides is 2. The Hall–Kier alpha value is -1.10. The van der Waals surface area contributed by atoms with E-state index in [2.05, 4.69) is 5.32 Å². The normalized spacial score (nSPS) is 20.8. The summed E-state index contributed by atoms with van der Waals surface area (Å²) in [6.45, 7) is 1.24. The molecule has 1 aliphatic heterocycles. The minimum absolute atomic E-state index is 0.158. The molecule has 94 valence electrons. The first-order chi connectivity index (χ1) is 7.99. The Morgan fingerprint density at radius 3 is 2.65 bits per heavy atom. The highest BCUT2D eigenvalue weighted by Crippen LogP contribution is 2.37. The minimum atomic E-state index is -3.24. The van der Waals surface area contributed by atoms with E-state index >= 15 is 0 Å². The van der Waals surface area contributed by atoms with Crippen LogP contribution < -0.4 is 5.32 Å². The first-order valence-electron chi connectivity index (χ1n) is 5.53. The summed E-state index contributed by atoms with van der Waals surface area (Å²) in [5.41, 5.74) is -0.717. The van der Waals surface area contributed by atoms with Crippen molar-refractivity contribution in [2.45, 2.75) is 18.8 Å². The molecule has 1 N–H and O–H groups in total. The van der Waals surface area contributed by atoms with Crippen LogP contribution in [0.25, 0.3) is 0 Å². The van der Waals surface area contributed by atoms with Crippen molar-refractivity contribution in [3.63, 3.8) is 0 Å². The van der Waals surface area contributed by atoms with Gasteiger partial charge in [0, 0.05) is 12.5 Å². The van der Waals surface area contributed by atoms with Gasteiger partial charge in [0.15, 0.2) is 0 Å². The molecule has 2 rings (SSSR count). The second kappa shape index (κ2) is 4.64. The molecule has 1 heterocycles. The smallest absolute Gasteiger partial charge is 0.276 e. The van der Waals surface area contributed by atoms with Crippen LogP contribution in [0, 0.1) is 17.6 Å². The van der Waals surface area contributed by atoms with Crippen LogP contribution in [0.3, 0.4) is 0 Å². The van der Waals surface area contributed by atoms with E-state index in [4.69, 9.17) is 0 Å². The first kappa shape index (κ1) is 12.4. The second-order valence-corrected chi connectivity index (χ2v) is 4.39. The summed E-state index contributed by atoms with van der Waals surface area (Å²) in [5, 5.41) is 2.98. The molecule has 0 radical (unpaired) electrons. The van der Waals surface area contributed by atoms with E-state index in [0.717, 1.165) is 12.1 Å². The molecule has 1 nitrogen and oxygen atoms in total. The van der Waals surface area contributed by atoms with Crippen molar-refractivity contribution in [2.24, 2.45) is 5.92 Å². The van der Waals surface area contributed by atoms with Crippen molar-refractivity contribution in [1.29, 1.82) is 0 Å². The maximum atomic E-state index is 13.8. The summed E-state index contributed by atoms with van der Waals surface area (Å²) in [6, 6.07) is 2.18. The number of nitrogens with one attached hydrogen (secondary N) is 1. The molecule has 1 saturated heterocycles. The lowest BCUT2D eigenvalue weighted by Crippen LogP contribution is -2.21. The van der Waals surface area contributed by atoms with Crippen molar-refractivity contribution in [2.75, 3.05) is 13.1 Å². The largest absolute Gasteiger partial charge is 0.316 e. The minimum Gasteiger partial charge on any atom is -0.316 e. The second-order valence-electron chi connectivity index (χ2n) is 4.39. The molecule has 1 aromatic carbocycles. The molecule has 0 bridgehead atoms. The van der Waals surface area contributed by atoms with Crippen LogP contribution in [-0.2, 0) is 5.92 Å². The zero-order valence-electron chi connectivity index (χ0n) is 9.15. The SMILES string of the molecule is Fc1ccc(C(F)(F)CC2CCNC2)c(F)c1. The average molecular weight is 247 g/mol. The highest BCUT2D eigenvalue weighted by molar-refractivity contribution is 5.23. The van der Waals surface area contributed by atoms with Crippen molar-refractivity contribution in [3.8, 4) is 0 Å². The van der Waals surface area contributed by atoms with Crippen LogP contribution >= 0.6 is 0 Å². The maximum absolute atomic E-state index is 13.8. The van der Waals surface area contributed by atoms with Crippen molar-refractivity contribution < 1.29 is 17.6 Å². The molecule has 1 aromatic rings. The van der Waals surface area contributed by atoms with Crippen LogP contribution in [0.1, 0.15) is 18.4 Å². The van der Waals surface area contributed by atoms with Gasteiger partial charge >= 0.3 is 0 Å². The fourth-order valence-electron chi connectivity index (χ4n) is 2.15. The van der Waals surface area contributed by atoms with Gasteiger partial charge in [-0.3, -0.25) is 0 Å². The Morgan fingerprint density at radius 1 is 1.29 bits per heavy atom. The number of hydrogen-bond donors (Lipinski definition) is 1. The van der Waals surface area contributed by atoms with Gasteiger partial charge in [-0.25, -0.2) is 17.6 Å². The monoisotopic (exact) mass is 247 g/mol. The Kier molecular flexibility index (Phi) is 3.38. The van der Waals surface area contributed by atoms with Gasteiger partial charge in [-0.15, -0.1) is 0 Å². The van der Waals surface area contributed by atoms with E-state index in [9.17, 15) is 17.6 Å². The molecule has 0 saturated carbocycles. The van der Waals surface area contributed by atoms with Crippen LogP contribution in [-0.4, -0.2) is 13.1 Å². The lowest BCUT2D eigenvalue weighted by molar-refractivity contribution is -0.0300. The van der Waals surface area contributed by atoms with Gasteiger partial charge < -0.3 is 5.32 Å². The number of benzene rings is 1. The van der Waals surface area contributed by atoms with Crippen LogP contribution in [0.15, 0.2) is 18.2 Å². The molecular formula is C12H13F4N. The highest BCUT2D eigenvalue weighted by atomic mass is 19.3. The number of hydrogen-bond acceptors (Lipinski definition) is 1. The van der Waals surface area contributed by atoms with Gasteiger partial charge in [0.2, 0.25) is 0 Å². The Morgan fingerprint density at radius 2 is 2.06 bits per heavy atom. The lowest BCUT2D eigenvalue weighted by Gasteiger charge is -2.20. The molecule has 1 unspecified atom stereocenters. The van der Waals surface area contributed by atoms with E-state index in [1.807, 2.05) is 0 Å². The van der Waals surface area contributed by atoms with Crippen LogP contribution in [0.5, 0.6) is 0 Å². The predicted octanol–water partition coefficient (Wildman–Crippen LogP) is 3.06. The molecule has 1 aliphatic rings. The molecule has 17 heavy (non-hydrogen) atoms. The Balaban J connectivity index is 2.17. The molecule has 0 aliphatic carbocycles. The van der Waals surface area contributed by atoms with Gasteiger partial charge in [0.05, 0.1) is 5.56 Å². The zero-order chi connectivity index (χ0) is 12.5. The van der Waals surface area contributed by atoms with Crippen LogP contribution in [0.2, 0.25) is 0 Å². The standard InChI is InChI=1S/C12H13F4N/c13-9-1-2-10(11(14)5-9)12(15,16)6-8-3-4-17-7-8/h1-2,5,8,17H,3-4,6-7H2. The molecule has 0 spiro atoms. The van der Waals surface area contributed by atoms with Gasteiger partial charge in [-0.05, 0) is 37.6 Å². The van der Waals surface area contributed by atoms with Gasteiger partial charge in [-0.2, -0.15) is 0 Å². The van der Waals surface area contributed by atoms with Crippen molar-refractivity contribution >= 4 is 0 Å². The van der Waals surface area contributed by atoms with E-state index < -0.39 is 29.5 Å². The fourth-order valence-corrected chi connectivity index (χ4v) is 2.15. The van der Waals surface area contributed by atoms with Gasteiger partial charge in [0.1, 0.15) is 11.6 Å². The van der Waals surface area contributed by atoms with E-state index in [-0.39, 0.29) is 5.92 Å². The van der Waals surface area contributed by atoms with Gasteiger partial charge in [-0.1, -0.05) is 0 Å². The number of rotatable bonds is 3. The number of halogens is 4. The van der Waals surface area contributed by atoms with Crippen LogP contribution in [0.4, 0.5) is 17.6 Å². The molecular weight excluding hydrogens is 234 g/mol. The summed E-state index contributed by atoms with van der Waals surface area (Å²) in [5.74, 6) is -5.42. The molecule has 1 atom stereocenters. The molecule has 0 amide bonds. The summed E-state index contributed by atoms with van der Waals surface area (Å²) >= 11 is 0. The van der Waals surface area contributed by atoms with E-state index in [1.54, 1.807) is 0 Å². The Bertz CT molecular complexity index is 399.